The summed E-state index contributed by atoms with van der Waals surface area (Å²) in [5, 5.41) is 7.23. The monoisotopic (exact) mass is 329 g/mol. The fourth-order valence-electron chi connectivity index (χ4n) is 2.86. The van der Waals surface area contributed by atoms with Crippen LogP contribution in [0.3, 0.4) is 0 Å². The van der Waals surface area contributed by atoms with E-state index in [2.05, 4.69) is 25.3 Å². The second-order valence-corrected chi connectivity index (χ2v) is 6.14. The molecule has 1 aliphatic heterocycles. The quantitative estimate of drug-likeness (QED) is 0.906. The van der Waals surface area contributed by atoms with Crippen LogP contribution in [0.25, 0.3) is 0 Å². The summed E-state index contributed by atoms with van der Waals surface area (Å²) in [6.45, 7) is 2.25. The average Bonchev–Trinajstić information content (AvgIpc) is 3.01. The summed E-state index contributed by atoms with van der Waals surface area (Å²) in [6.07, 6.45) is 8.99. The van der Waals surface area contributed by atoms with Gasteiger partial charge in [-0.1, -0.05) is 0 Å². The van der Waals surface area contributed by atoms with Crippen LogP contribution in [-0.2, 0) is 13.6 Å². The maximum absolute atomic E-state index is 12.3. The van der Waals surface area contributed by atoms with E-state index in [1.165, 1.54) is 0 Å². The lowest BCUT2D eigenvalue weighted by Crippen LogP contribution is -2.48. The molecule has 128 valence electrons. The third-order valence-corrected chi connectivity index (χ3v) is 4.18. The lowest BCUT2D eigenvalue weighted by molar-refractivity contribution is 0.200. The van der Waals surface area contributed by atoms with Gasteiger partial charge in [-0.15, -0.1) is 0 Å². The van der Waals surface area contributed by atoms with Gasteiger partial charge in [-0.2, -0.15) is 5.10 Å². The molecule has 1 aliphatic rings. The molecule has 8 heteroatoms. The van der Waals surface area contributed by atoms with E-state index in [1.807, 2.05) is 19.3 Å². The van der Waals surface area contributed by atoms with E-state index in [-0.39, 0.29) is 12.1 Å². The standard InChI is InChI=1S/C16H23N7O/c1-21(11-13-10-19-22(2)12-13)16(24)20-14-4-8-23(9-5-14)15-17-6-3-7-18-15/h3,6-7,10,12,14H,4-5,8-9,11H2,1-2H3,(H,20,24). The zero-order valence-corrected chi connectivity index (χ0v) is 14.1. The van der Waals surface area contributed by atoms with Gasteiger partial charge in [0.25, 0.3) is 0 Å². The summed E-state index contributed by atoms with van der Waals surface area (Å²) in [6, 6.07) is 1.95. The Morgan fingerprint density at radius 3 is 2.67 bits per heavy atom. The van der Waals surface area contributed by atoms with Crippen molar-refractivity contribution in [1.82, 2.24) is 30.0 Å². The van der Waals surface area contributed by atoms with Gasteiger partial charge < -0.3 is 15.1 Å². The maximum atomic E-state index is 12.3. The first-order chi connectivity index (χ1) is 11.6. The molecular formula is C16H23N7O. The van der Waals surface area contributed by atoms with Gasteiger partial charge in [0.1, 0.15) is 0 Å². The molecule has 8 nitrogen and oxygen atoms in total. The van der Waals surface area contributed by atoms with Crippen LogP contribution in [0.5, 0.6) is 0 Å². The van der Waals surface area contributed by atoms with Crippen molar-refractivity contribution in [3.63, 3.8) is 0 Å². The van der Waals surface area contributed by atoms with E-state index in [0.717, 1.165) is 37.4 Å². The molecule has 1 fully saturated rings. The molecule has 2 aromatic rings. The number of anilines is 1. The van der Waals surface area contributed by atoms with Crippen LogP contribution >= 0.6 is 0 Å². The predicted octanol–water partition coefficient (Wildman–Crippen LogP) is 1.02. The molecule has 0 bridgehead atoms. The molecular weight excluding hydrogens is 306 g/mol. The van der Waals surface area contributed by atoms with Crippen molar-refractivity contribution in [2.45, 2.75) is 25.4 Å². The van der Waals surface area contributed by atoms with E-state index in [0.29, 0.717) is 6.54 Å². The molecule has 0 atom stereocenters. The van der Waals surface area contributed by atoms with Gasteiger partial charge in [0, 0.05) is 57.4 Å². The molecule has 0 aromatic carbocycles. The van der Waals surface area contributed by atoms with Crippen molar-refractivity contribution in [3.05, 3.63) is 36.4 Å². The van der Waals surface area contributed by atoms with Gasteiger partial charge in [0.05, 0.1) is 12.7 Å². The molecule has 0 radical (unpaired) electrons. The zero-order chi connectivity index (χ0) is 16.9. The van der Waals surface area contributed by atoms with Crippen LogP contribution in [0.15, 0.2) is 30.9 Å². The Hall–Kier alpha value is -2.64. The number of urea groups is 1. The van der Waals surface area contributed by atoms with Crippen LogP contribution in [0.2, 0.25) is 0 Å². The minimum absolute atomic E-state index is 0.0479. The highest BCUT2D eigenvalue weighted by Crippen LogP contribution is 2.15. The van der Waals surface area contributed by atoms with Crippen LogP contribution in [-0.4, -0.2) is 56.9 Å². The first-order valence-electron chi connectivity index (χ1n) is 8.13. The third-order valence-electron chi connectivity index (χ3n) is 4.18. The number of carbonyl (C=O) groups excluding carboxylic acids is 1. The molecule has 0 unspecified atom stereocenters. The number of hydrogen-bond acceptors (Lipinski definition) is 5. The summed E-state index contributed by atoms with van der Waals surface area (Å²) in [7, 11) is 3.67. The number of piperidine rings is 1. The maximum Gasteiger partial charge on any atom is 0.317 e. The Balaban J connectivity index is 1.46. The highest BCUT2D eigenvalue weighted by Gasteiger charge is 2.23. The first kappa shape index (κ1) is 16.2. The molecule has 24 heavy (non-hydrogen) atoms. The fraction of sp³-hybridized carbons (Fsp3) is 0.500. The smallest absolute Gasteiger partial charge is 0.317 e. The lowest BCUT2D eigenvalue weighted by Gasteiger charge is -2.33. The fourth-order valence-corrected chi connectivity index (χ4v) is 2.86. The van der Waals surface area contributed by atoms with Crippen molar-refractivity contribution in [3.8, 4) is 0 Å². The highest BCUT2D eigenvalue weighted by atomic mass is 16.2. The zero-order valence-electron chi connectivity index (χ0n) is 14.1. The van der Waals surface area contributed by atoms with E-state index < -0.39 is 0 Å². The molecule has 3 heterocycles. The number of aryl methyl sites for hydroxylation is 1. The molecule has 1 saturated heterocycles. The highest BCUT2D eigenvalue weighted by molar-refractivity contribution is 5.74. The summed E-state index contributed by atoms with van der Waals surface area (Å²) < 4.78 is 1.74. The van der Waals surface area contributed by atoms with E-state index in [4.69, 9.17) is 0 Å². The van der Waals surface area contributed by atoms with Crippen LogP contribution in [0.1, 0.15) is 18.4 Å². The third kappa shape index (κ3) is 4.01. The molecule has 0 spiro atoms. The number of rotatable bonds is 4. The molecule has 0 saturated carbocycles. The molecule has 1 N–H and O–H groups in total. The van der Waals surface area contributed by atoms with Gasteiger partial charge in [0.2, 0.25) is 5.95 Å². The minimum Gasteiger partial charge on any atom is -0.341 e. The Labute approximate surface area is 141 Å². The molecule has 0 aliphatic carbocycles. The van der Waals surface area contributed by atoms with Gasteiger partial charge in [0.15, 0.2) is 0 Å². The summed E-state index contributed by atoms with van der Waals surface area (Å²) in [5.74, 6) is 0.760. The number of carbonyl (C=O) groups is 1. The Morgan fingerprint density at radius 2 is 2.04 bits per heavy atom. The van der Waals surface area contributed by atoms with Crippen molar-refractivity contribution >= 4 is 12.0 Å². The van der Waals surface area contributed by atoms with Gasteiger partial charge in [-0.3, -0.25) is 4.68 Å². The van der Waals surface area contributed by atoms with Crippen molar-refractivity contribution in [2.24, 2.45) is 7.05 Å². The molecule has 3 rings (SSSR count). The van der Waals surface area contributed by atoms with E-state index in [9.17, 15) is 4.79 Å². The topological polar surface area (TPSA) is 79.2 Å². The lowest BCUT2D eigenvalue weighted by atomic mass is 10.1. The van der Waals surface area contributed by atoms with Crippen molar-refractivity contribution in [1.29, 1.82) is 0 Å². The van der Waals surface area contributed by atoms with Gasteiger partial charge in [-0.25, -0.2) is 14.8 Å². The van der Waals surface area contributed by atoms with E-state index >= 15 is 0 Å². The summed E-state index contributed by atoms with van der Waals surface area (Å²) >= 11 is 0. The minimum atomic E-state index is -0.0479. The van der Waals surface area contributed by atoms with Crippen LogP contribution in [0, 0.1) is 0 Å². The SMILES string of the molecule is CN(Cc1cnn(C)c1)C(=O)NC1CCN(c2ncccn2)CC1. The van der Waals surface area contributed by atoms with Gasteiger partial charge >= 0.3 is 6.03 Å². The summed E-state index contributed by atoms with van der Waals surface area (Å²) in [4.78, 5) is 24.7. The van der Waals surface area contributed by atoms with Crippen LogP contribution < -0.4 is 10.2 Å². The Bertz CT molecular complexity index is 664. The first-order valence-corrected chi connectivity index (χ1v) is 8.13. The second-order valence-electron chi connectivity index (χ2n) is 6.14. The number of nitrogens with zero attached hydrogens (tertiary/aromatic N) is 6. The van der Waals surface area contributed by atoms with Crippen molar-refractivity contribution in [2.75, 3.05) is 25.0 Å². The Kier molecular flexibility index (Phi) is 4.93. The van der Waals surface area contributed by atoms with Gasteiger partial charge in [-0.05, 0) is 18.9 Å². The van der Waals surface area contributed by atoms with Crippen LogP contribution in [0.4, 0.5) is 10.7 Å². The average molecular weight is 329 g/mol. The molecule has 2 amide bonds. The predicted molar refractivity (Wildman–Crippen MR) is 90.5 cm³/mol. The van der Waals surface area contributed by atoms with Crippen molar-refractivity contribution < 1.29 is 4.79 Å². The largest absolute Gasteiger partial charge is 0.341 e. The second kappa shape index (κ2) is 7.29. The number of amides is 2. The number of hydrogen-bond donors (Lipinski definition) is 1. The molecule has 2 aromatic heterocycles. The summed E-state index contributed by atoms with van der Waals surface area (Å²) in [5.41, 5.74) is 1.02. The normalized spacial score (nSPS) is 15.3. The number of nitrogens with one attached hydrogen (secondary N) is 1. The number of aromatic nitrogens is 4. The van der Waals surface area contributed by atoms with E-state index in [1.54, 1.807) is 35.2 Å². The Morgan fingerprint density at radius 1 is 1.33 bits per heavy atom.